The minimum atomic E-state index is 0.327. The van der Waals surface area contributed by atoms with E-state index in [9.17, 15) is 0 Å². The Morgan fingerprint density at radius 2 is 1.60 bits per heavy atom. The Labute approximate surface area is 177 Å². The third kappa shape index (κ3) is 3.88. The maximum absolute atomic E-state index is 5.55. The van der Waals surface area contributed by atoms with Crippen LogP contribution in [0.25, 0.3) is 5.69 Å². The van der Waals surface area contributed by atoms with Gasteiger partial charge in [0.1, 0.15) is 5.75 Å². The smallest absolute Gasteiger partial charge is 0.231 e. The van der Waals surface area contributed by atoms with Gasteiger partial charge in [0, 0.05) is 51.2 Å². The predicted octanol–water partition coefficient (Wildman–Crippen LogP) is 3.53. The molecule has 0 atom stereocenters. The van der Waals surface area contributed by atoms with Gasteiger partial charge in [-0.2, -0.15) is 0 Å². The number of rotatable bonds is 6. The van der Waals surface area contributed by atoms with Crippen molar-refractivity contribution in [1.82, 2.24) is 14.4 Å². The van der Waals surface area contributed by atoms with Crippen LogP contribution < -0.4 is 14.2 Å². The van der Waals surface area contributed by atoms with Crippen LogP contribution in [0.15, 0.2) is 60.8 Å². The molecule has 5 rings (SSSR count). The van der Waals surface area contributed by atoms with Crippen molar-refractivity contribution in [2.75, 3.05) is 40.1 Å². The molecular weight excluding hydrogens is 378 g/mol. The van der Waals surface area contributed by atoms with Crippen molar-refractivity contribution in [3.05, 3.63) is 72.1 Å². The fourth-order valence-corrected chi connectivity index (χ4v) is 4.24. The highest BCUT2D eigenvalue weighted by Crippen LogP contribution is 2.33. The normalized spacial score (nSPS) is 16.7. The molecule has 0 unspecified atom stereocenters. The predicted molar refractivity (Wildman–Crippen MR) is 115 cm³/mol. The Morgan fingerprint density at radius 3 is 2.43 bits per heavy atom. The number of methoxy groups -OCH3 is 1. The molecule has 156 valence electrons. The minimum absolute atomic E-state index is 0.327. The first-order valence-corrected chi connectivity index (χ1v) is 10.4. The molecule has 2 aromatic carbocycles. The van der Waals surface area contributed by atoms with E-state index in [1.165, 1.54) is 11.3 Å². The Kier molecular flexibility index (Phi) is 5.34. The monoisotopic (exact) mass is 405 g/mol. The van der Waals surface area contributed by atoms with Gasteiger partial charge in [-0.15, -0.1) is 0 Å². The molecule has 6 nitrogen and oxygen atoms in total. The van der Waals surface area contributed by atoms with Crippen LogP contribution in [-0.2, 0) is 13.1 Å². The summed E-state index contributed by atoms with van der Waals surface area (Å²) in [5, 5.41) is 0. The van der Waals surface area contributed by atoms with Gasteiger partial charge in [0.15, 0.2) is 11.5 Å². The molecule has 0 bridgehead atoms. The molecule has 1 fully saturated rings. The summed E-state index contributed by atoms with van der Waals surface area (Å²) in [4.78, 5) is 5.03. The van der Waals surface area contributed by atoms with Crippen molar-refractivity contribution in [3.63, 3.8) is 0 Å². The molecule has 3 heterocycles. The average molecular weight is 405 g/mol. The van der Waals surface area contributed by atoms with Gasteiger partial charge in [-0.1, -0.05) is 18.2 Å². The highest BCUT2D eigenvalue weighted by atomic mass is 16.7. The summed E-state index contributed by atoms with van der Waals surface area (Å²) < 4.78 is 18.7. The lowest BCUT2D eigenvalue weighted by atomic mass is 10.1. The number of para-hydroxylation sites is 2. The highest BCUT2D eigenvalue weighted by Gasteiger charge is 2.20. The SMILES string of the molecule is COc1ccccc1-n1cccc1CN1CCN(Cc2ccc3c(c2)OCO3)CC1. The van der Waals surface area contributed by atoms with Crippen molar-refractivity contribution < 1.29 is 14.2 Å². The Morgan fingerprint density at radius 1 is 0.833 bits per heavy atom. The van der Waals surface area contributed by atoms with Gasteiger partial charge in [0.25, 0.3) is 0 Å². The van der Waals surface area contributed by atoms with E-state index in [0.29, 0.717) is 6.79 Å². The van der Waals surface area contributed by atoms with Crippen molar-refractivity contribution in [2.45, 2.75) is 13.1 Å². The zero-order chi connectivity index (χ0) is 20.3. The minimum Gasteiger partial charge on any atom is -0.495 e. The Hall–Kier alpha value is -2.96. The molecular formula is C24H27N3O3. The molecule has 0 aliphatic carbocycles. The van der Waals surface area contributed by atoms with E-state index >= 15 is 0 Å². The second kappa shape index (κ2) is 8.42. The standard InChI is InChI=1S/C24H27N3O3/c1-28-22-7-3-2-6-21(22)27-10-4-5-20(27)17-26-13-11-25(12-14-26)16-19-8-9-23-24(15-19)30-18-29-23/h2-10,15H,11-14,16-18H2,1H3. The molecule has 0 saturated carbocycles. The van der Waals surface area contributed by atoms with E-state index in [-0.39, 0.29) is 0 Å². The molecule has 2 aliphatic rings. The highest BCUT2D eigenvalue weighted by molar-refractivity contribution is 5.48. The summed E-state index contributed by atoms with van der Waals surface area (Å²) in [6, 6.07) is 18.7. The Balaban J connectivity index is 1.20. The van der Waals surface area contributed by atoms with E-state index in [2.05, 4.69) is 57.0 Å². The maximum Gasteiger partial charge on any atom is 0.231 e. The Bertz CT molecular complexity index is 1010. The summed E-state index contributed by atoms with van der Waals surface area (Å²) in [5.41, 5.74) is 3.64. The number of hydrogen-bond acceptors (Lipinski definition) is 5. The van der Waals surface area contributed by atoms with Crippen molar-refractivity contribution in [1.29, 1.82) is 0 Å². The quantitative estimate of drug-likeness (QED) is 0.627. The second-order valence-corrected chi connectivity index (χ2v) is 7.78. The summed E-state index contributed by atoms with van der Waals surface area (Å²) in [5.74, 6) is 2.60. The third-order valence-electron chi connectivity index (χ3n) is 5.87. The van der Waals surface area contributed by atoms with Crippen LogP contribution in [0.5, 0.6) is 17.2 Å². The van der Waals surface area contributed by atoms with Crippen LogP contribution in [0.2, 0.25) is 0 Å². The fourth-order valence-electron chi connectivity index (χ4n) is 4.24. The number of fused-ring (bicyclic) bond motifs is 1. The number of hydrogen-bond donors (Lipinski definition) is 0. The molecule has 1 saturated heterocycles. The lowest BCUT2D eigenvalue weighted by Gasteiger charge is -2.35. The van der Waals surface area contributed by atoms with Gasteiger partial charge in [-0.05, 0) is 42.0 Å². The van der Waals surface area contributed by atoms with Gasteiger partial charge in [-0.3, -0.25) is 9.80 Å². The van der Waals surface area contributed by atoms with Crippen LogP contribution in [-0.4, -0.2) is 54.4 Å². The zero-order valence-electron chi connectivity index (χ0n) is 17.3. The number of aromatic nitrogens is 1. The second-order valence-electron chi connectivity index (χ2n) is 7.78. The molecule has 1 aromatic heterocycles. The number of ether oxygens (including phenoxy) is 3. The first-order valence-electron chi connectivity index (χ1n) is 10.4. The van der Waals surface area contributed by atoms with Gasteiger partial charge < -0.3 is 18.8 Å². The van der Waals surface area contributed by atoms with Crippen molar-refractivity contribution in [2.24, 2.45) is 0 Å². The van der Waals surface area contributed by atoms with E-state index in [0.717, 1.165) is 62.2 Å². The molecule has 2 aliphatic heterocycles. The zero-order valence-corrected chi connectivity index (χ0v) is 17.3. The maximum atomic E-state index is 5.55. The summed E-state index contributed by atoms with van der Waals surface area (Å²) in [6.45, 7) is 6.44. The van der Waals surface area contributed by atoms with Gasteiger partial charge in [0.2, 0.25) is 6.79 Å². The van der Waals surface area contributed by atoms with Crippen LogP contribution in [0.1, 0.15) is 11.3 Å². The summed E-state index contributed by atoms with van der Waals surface area (Å²) >= 11 is 0. The fraction of sp³-hybridized carbons (Fsp3) is 0.333. The lowest BCUT2D eigenvalue weighted by Crippen LogP contribution is -2.45. The number of piperazine rings is 1. The molecule has 0 radical (unpaired) electrons. The van der Waals surface area contributed by atoms with Crippen molar-refractivity contribution in [3.8, 4) is 22.9 Å². The molecule has 3 aromatic rings. The summed E-state index contributed by atoms with van der Waals surface area (Å²) in [6.07, 6.45) is 2.11. The van der Waals surface area contributed by atoms with Crippen LogP contribution in [0.3, 0.4) is 0 Å². The first-order chi connectivity index (χ1) is 14.8. The van der Waals surface area contributed by atoms with Crippen LogP contribution >= 0.6 is 0 Å². The van der Waals surface area contributed by atoms with E-state index in [1.54, 1.807) is 7.11 Å². The van der Waals surface area contributed by atoms with Gasteiger partial charge in [-0.25, -0.2) is 0 Å². The van der Waals surface area contributed by atoms with E-state index in [1.807, 2.05) is 18.2 Å². The van der Waals surface area contributed by atoms with Crippen LogP contribution in [0, 0.1) is 0 Å². The van der Waals surface area contributed by atoms with Gasteiger partial charge >= 0.3 is 0 Å². The molecule has 0 N–H and O–H groups in total. The first kappa shape index (κ1) is 19.0. The molecule has 6 heteroatoms. The van der Waals surface area contributed by atoms with Crippen LogP contribution in [0.4, 0.5) is 0 Å². The summed E-state index contributed by atoms with van der Waals surface area (Å²) in [7, 11) is 1.72. The topological polar surface area (TPSA) is 39.1 Å². The van der Waals surface area contributed by atoms with Gasteiger partial charge in [0.05, 0.1) is 12.8 Å². The number of nitrogens with zero attached hydrogens (tertiary/aromatic N) is 3. The van der Waals surface area contributed by atoms with Crippen molar-refractivity contribution >= 4 is 0 Å². The van der Waals surface area contributed by atoms with E-state index in [4.69, 9.17) is 14.2 Å². The molecule has 0 spiro atoms. The third-order valence-corrected chi connectivity index (χ3v) is 5.87. The largest absolute Gasteiger partial charge is 0.495 e. The lowest BCUT2D eigenvalue weighted by molar-refractivity contribution is 0.120. The molecule has 30 heavy (non-hydrogen) atoms. The molecule has 0 amide bonds. The average Bonchev–Trinajstić information content (AvgIpc) is 3.44. The number of benzene rings is 2. The van der Waals surface area contributed by atoms with E-state index < -0.39 is 0 Å².